The zero-order valence-corrected chi connectivity index (χ0v) is 19.7. The number of allylic oxidation sites excluding steroid dienone is 3. The smallest absolute Gasteiger partial charge is 0.0811 e. The minimum absolute atomic E-state index is 0.231. The molecule has 4 nitrogen and oxygen atoms in total. The highest BCUT2D eigenvalue weighted by molar-refractivity contribution is 5.26. The van der Waals surface area contributed by atoms with Crippen molar-refractivity contribution in [2.75, 3.05) is 26.2 Å². The van der Waals surface area contributed by atoms with Gasteiger partial charge < -0.3 is 14.9 Å². The van der Waals surface area contributed by atoms with Crippen LogP contribution in [0, 0.1) is 23.2 Å². The number of ether oxygens (including phenoxy) is 1. The Labute approximate surface area is 188 Å². The van der Waals surface area contributed by atoms with Crippen LogP contribution in [-0.2, 0) is 4.74 Å². The third kappa shape index (κ3) is 4.55. The molecule has 1 unspecified atom stereocenters. The Balaban J connectivity index is 1.26. The molecule has 0 radical (unpaired) electrons. The number of rotatable bonds is 4. The monoisotopic (exact) mass is 429 g/mol. The van der Waals surface area contributed by atoms with Crippen LogP contribution < -0.4 is 0 Å². The zero-order chi connectivity index (χ0) is 21.6. The van der Waals surface area contributed by atoms with Gasteiger partial charge in [0.2, 0.25) is 0 Å². The predicted molar refractivity (Wildman–Crippen MR) is 124 cm³/mol. The van der Waals surface area contributed by atoms with Gasteiger partial charge in [0.1, 0.15) is 0 Å². The van der Waals surface area contributed by atoms with Crippen LogP contribution in [0.1, 0.15) is 78.1 Å². The van der Waals surface area contributed by atoms with Crippen molar-refractivity contribution in [3.05, 3.63) is 23.3 Å². The fourth-order valence-corrected chi connectivity index (χ4v) is 7.80. The highest BCUT2D eigenvalue weighted by Crippen LogP contribution is 2.59. The summed E-state index contributed by atoms with van der Waals surface area (Å²) in [6, 6.07) is 0. The van der Waals surface area contributed by atoms with E-state index in [1.54, 1.807) is 5.57 Å². The Morgan fingerprint density at radius 3 is 2.65 bits per heavy atom. The number of nitrogens with zero attached hydrogens (tertiary/aromatic N) is 1. The van der Waals surface area contributed by atoms with Crippen LogP contribution in [0.15, 0.2) is 23.3 Å². The van der Waals surface area contributed by atoms with Gasteiger partial charge in [-0.1, -0.05) is 37.1 Å². The minimum atomic E-state index is -0.378. The molecule has 6 atom stereocenters. The second kappa shape index (κ2) is 8.59. The first-order valence-corrected chi connectivity index (χ1v) is 13.0. The Morgan fingerprint density at radius 2 is 1.90 bits per heavy atom. The lowest BCUT2D eigenvalue weighted by Crippen LogP contribution is -2.47. The average Bonchev–Trinajstić information content (AvgIpc) is 3.34. The molecule has 1 aliphatic heterocycles. The maximum atomic E-state index is 10.0. The second-order valence-corrected chi connectivity index (χ2v) is 11.9. The quantitative estimate of drug-likeness (QED) is 0.693. The molecule has 5 aliphatic rings. The van der Waals surface area contributed by atoms with Gasteiger partial charge in [-0.15, -0.1) is 0 Å². The van der Waals surface area contributed by atoms with E-state index in [0.717, 1.165) is 44.4 Å². The number of aliphatic hydroxyl groups is 2. The molecule has 1 heterocycles. The van der Waals surface area contributed by atoms with E-state index in [1.807, 2.05) is 0 Å². The first-order chi connectivity index (χ1) is 14.9. The first-order valence-electron chi connectivity index (χ1n) is 13.0. The van der Waals surface area contributed by atoms with E-state index in [-0.39, 0.29) is 17.8 Å². The van der Waals surface area contributed by atoms with Gasteiger partial charge in [0.05, 0.1) is 24.4 Å². The molecule has 5 rings (SSSR count). The van der Waals surface area contributed by atoms with Crippen LogP contribution in [0.4, 0.5) is 0 Å². The van der Waals surface area contributed by atoms with Crippen molar-refractivity contribution >= 4 is 0 Å². The summed E-state index contributed by atoms with van der Waals surface area (Å²) in [5.74, 6) is 2.26. The fraction of sp³-hybridized carbons (Fsp3) is 0.852. The van der Waals surface area contributed by atoms with Crippen LogP contribution in [0.2, 0.25) is 0 Å². The molecule has 0 aromatic carbocycles. The van der Waals surface area contributed by atoms with Gasteiger partial charge in [0, 0.05) is 19.6 Å². The molecule has 2 N–H and O–H groups in total. The SMILES string of the molecule is CC(CN1CCOC2(CC2)C1)[C@H]1CC[C@H]2/C(=C/C=C3C[C@@H](O)C[C@H](O)C3)CCC[C@]12C. The van der Waals surface area contributed by atoms with Crippen molar-refractivity contribution in [3.8, 4) is 0 Å². The molecule has 5 fully saturated rings. The molecule has 4 heteroatoms. The van der Waals surface area contributed by atoms with Crippen molar-refractivity contribution < 1.29 is 14.9 Å². The topological polar surface area (TPSA) is 52.9 Å². The van der Waals surface area contributed by atoms with Crippen molar-refractivity contribution in [2.24, 2.45) is 23.2 Å². The van der Waals surface area contributed by atoms with Crippen molar-refractivity contribution in [2.45, 2.75) is 95.9 Å². The predicted octanol–water partition coefficient (Wildman–Crippen LogP) is 4.46. The van der Waals surface area contributed by atoms with E-state index < -0.39 is 0 Å². The summed E-state index contributed by atoms with van der Waals surface area (Å²) in [6.07, 6.45) is 15.0. The van der Waals surface area contributed by atoms with Gasteiger partial charge in [-0.3, -0.25) is 4.90 Å². The van der Waals surface area contributed by atoms with Crippen LogP contribution in [0.5, 0.6) is 0 Å². The summed E-state index contributed by atoms with van der Waals surface area (Å²) in [4.78, 5) is 2.70. The normalized spacial score (nSPS) is 42.6. The highest BCUT2D eigenvalue weighted by Gasteiger charge is 2.52. The molecule has 174 valence electrons. The van der Waals surface area contributed by atoms with Gasteiger partial charge in [-0.2, -0.15) is 0 Å². The molecule has 0 bridgehead atoms. The molecule has 4 aliphatic carbocycles. The van der Waals surface area contributed by atoms with Crippen molar-refractivity contribution in [1.82, 2.24) is 4.90 Å². The molecule has 4 saturated carbocycles. The van der Waals surface area contributed by atoms with E-state index >= 15 is 0 Å². The minimum Gasteiger partial charge on any atom is -0.393 e. The number of fused-ring (bicyclic) bond motifs is 1. The largest absolute Gasteiger partial charge is 0.393 e. The second-order valence-electron chi connectivity index (χ2n) is 11.9. The summed E-state index contributed by atoms with van der Waals surface area (Å²) in [5, 5.41) is 20.0. The summed E-state index contributed by atoms with van der Waals surface area (Å²) in [6.45, 7) is 9.51. The molecule has 1 spiro atoms. The Bertz CT molecular complexity index is 714. The van der Waals surface area contributed by atoms with Gasteiger partial charge in [0.25, 0.3) is 0 Å². The molecule has 0 amide bonds. The lowest BCUT2D eigenvalue weighted by atomic mass is 9.61. The zero-order valence-electron chi connectivity index (χ0n) is 19.7. The van der Waals surface area contributed by atoms with E-state index in [0.29, 0.717) is 17.8 Å². The third-order valence-electron chi connectivity index (χ3n) is 9.48. The van der Waals surface area contributed by atoms with E-state index in [4.69, 9.17) is 4.74 Å². The molecular formula is C27H43NO3. The number of hydrogen-bond donors (Lipinski definition) is 2. The molecule has 31 heavy (non-hydrogen) atoms. The van der Waals surface area contributed by atoms with Crippen LogP contribution in [0.3, 0.4) is 0 Å². The number of morpholine rings is 1. The summed E-state index contributed by atoms with van der Waals surface area (Å²) in [5.41, 5.74) is 3.51. The third-order valence-corrected chi connectivity index (χ3v) is 9.48. The van der Waals surface area contributed by atoms with Crippen LogP contribution >= 0.6 is 0 Å². The van der Waals surface area contributed by atoms with Gasteiger partial charge in [-0.25, -0.2) is 0 Å². The summed E-state index contributed by atoms with van der Waals surface area (Å²) >= 11 is 0. The molecular weight excluding hydrogens is 386 g/mol. The highest BCUT2D eigenvalue weighted by atomic mass is 16.5. The molecule has 0 aromatic heterocycles. The maximum absolute atomic E-state index is 10.0. The lowest BCUT2D eigenvalue weighted by molar-refractivity contribution is -0.0546. The Kier molecular flexibility index (Phi) is 6.13. The van der Waals surface area contributed by atoms with Crippen LogP contribution in [0.25, 0.3) is 0 Å². The lowest BCUT2D eigenvalue weighted by Gasteiger charge is -2.45. The Hall–Kier alpha value is -0.680. The van der Waals surface area contributed by atoms with Crippen molar-refractivity contribution in [1.29, 1.82) is 0 Å². The average molecular weight is 430 g/mol. The van der Waals surface area contributed by atoms with E-state index in [9.17, 15) is 10.2 Å². The van der Waals surface area contributed by atoms with E-state index in [1.165, 1.54) is 57.1 Å². The van der Waals surface area contributed by atoms with Crippen molar-refractivity contribution in [3.63, 3.8) is 0 Å². The molecule has 0 aromatic rings. The summed E-state index contributed by atoms with van der Waals surface area (Å²) in [7, 11) is 0. The van der Waals surface area contributed by atoms with Gasteiger partial charge >= 0.3 is 0 Å². The first kappa shape index (κ1) is 22.1. The maximum Gasteiger partial charge on any atom is 0.0811 e. The fourth-order valence-electron chi connectivity index (χ4n) is 7.80. The van der Waals surface area contributed by atoms with Crippen LogP contribution in [-0.4, -0.2) is 59.2 Å². The van der Waals surface area contributed by atoms with E-state index in [2.05, 4.69) is 30.9 Å². The van der Waals surface area contributed by atoms with Gasteiger partial charge in [-0.05, 0) is 87.4 Å². The standard InChI is InChI=1S/C27H43NO3/c1-19(17-28-12-13-31-27(18-28)10-11-27)24-7-8-25-21(4-3-9-26(24,25)2)6-5-20-14-22(29)16-23(30)15-20/h5-6,19,22-25,29-30H,3-4,7-18H2,1-2H3/b21-6+/t19?,22-,23-,24-,25+,26-/m1/s1. The Morgan fingerprint density at radius 1 is 1.13 bits per heavy atom. The number of aliphatic hydroxyl groups excluding tert-OH is 2. The summed E-state index contributed by atoms with van der Waals surface area (Å²) < 4.78 is 6.04. The van der Waals surface area contributed by atoms with Gasteiger partial charge in [0.15, 0.2) is 0 Å². The number of hydrogen-bond acceptors (Lipinski definition) is 4. The molecule has 1 saturated heterocycles.